The van der Waals surface area contributed by atoms with Crippen molar-refractivity contribution in [3.05, 3.63) is 45.4 Å². The summed E-state index contributed by atoms with van der Waals surface area (Å²) in [5.41, 5.74) is 3.45. The van der Waals surface area contributed by atoms with Crippen LogP contribution in [-0.2, 0) is 0 Å². The molecule has 0 unspecified atom stereocenters. The zero-order valence-corrected chi connectivity index (χ0v) is 12.4. The van der Waals surface area contributed by atoms with Gasteiger partial charge in [-0.25, -0.2) is 4.98 Å². The Morgan fingerprint density at radius 3 is 2.59 bits per heavy atom. The van der Waals surface area contributed by atoms with Crippen LogP contribution in [0.3, 0.4) is 0 Å². The Bertz CT molecular complexity index is 952. The predicted molar refractivity (Wildman–Crippen MR) is 83.2 cm³/mol. The molecule has 0 saturated carbocycles. The number of fused-ring (bicyclic) bond motifs is 1. The number of H-pyrrole nitrogens is 2. The van der Waals surface area contributed by atoms with Gasteiger partial charge in [0.2, 0.25) is 11.8 Å². The van der Waals surface area contributed by atoms with Crippen LogP contribution >= 0.6 is 0 Å². The molecule has 112 valence electrons. The quantitative estimate of drug-likeness (QED) is 0.632. The third-order valence-electron chi connectivity index (χ3n) is 3.30. The average Bonchev–Trinajstić information content (AvgIpc) is 2.72. The molecule has 1 aromatic carbocycles. The van der Waals surface area contributed by atoms with Crippen LogP contribution in [0.15, 0.2) is 33.2 Å². The fourth-order valence-corrected chi connectivity index (χ4v) is 2.43. The van der Waals surface area contributed by atoms with Gasteiger partial charge in [-0.05, 0) is 32.4 Å². The van der Waals surface area contributed by atoms with Gasteiger partial charge in [-0.1, -0.05) is 11.6 Å². The van der Waals surface area contributed by atoms with E-state index >= 15 is 0 Å². The van der Waals surface area contributed by atoms with Crippen molar-refractivity contribution in [3.8, 4) is 5.88 Å². The van der Waals surface area contributed by atoms with Crippen LogP contribution in [0.5, 0.6) is 5.88 Å². The van der Waals surface area contributed by atoms with Crippen LogP contribution in [0.1, 0.15) is 16.8 Å². The van der Waals surface area contributed by atoms with E-state index in [9.17, 15) is 9.90 Å². The third-order valence-corrected chi connectivity index (χ3v) is 3.30. The highest BCUT2D eigenvalue weighted by molar-refractivity contribution is 5.96. The molecule has 7 nitrogen and oxygen atoms in total. The van der Waals surface area contributed by atoms with Crippen LogP contribution in [-0.4, -0.2) is 20.1 Å². The Kier molecular flexibility index (Phi) is 3.25. The zero-order valence-electron chi connectivity index (χ0n) is 12.4. The lowest BCUT2D eigenvalue weighted by Crippen LogP contribution is -2.05. The second-order valence-electron chi connectivity index (χ2n) is 5.24. The van der Waals surface area contributed by atoms with E-state index < -0.39 is 0 Å². The van der Waals surface area contributed by atoms with Crippen molar-refractivity contribution in [1.29, 1.82) is 0 Å². The fourth-order valence-electron chi connectivity index (χ4n) is 2.43. The molecule has 2 aromatic heterocycles. The number of aromatic hydroxyl groups is 1. The van der Waals surface area contributed by atoms with Crippen LogP contribution < -0.4 is 5.56 Å². The van der Waals surface area contributed by atoms with Crippen molar-refractivity contribution in [3.63, 3.8) is 0 Å². The minimum absolute atomic E-state index is 0.0672. The highest BCUT2D eigenvalue weighted by Crippen LogP contribution is 2.37. The van der Waals surface area contributed by atoms with Crippen LogP contribution in [0, 0.1) is 20.8 Å². The van der Waals surface area contributed by atoms with E-state index in [2.05, 4.69) is 25.2 Å². The Hall–Kier alpha value is -2.96. The lowest BCUT2D eigenvalue weighted by Gasteiger charge is -1.99. The number of aromatic amines is 2. The maximum absolute atomic E-state index is 11.4. The maximum Gasteiger partial charge on any atom is 0.252 e. The first-order chi connectivity index (χ1) is 10.4. The Labute approximate surface area is 125 Å². The molecular weight excluding hydrogens is 282 g/mol. The molecular formula is C15H15N5O2. The monoisotopic (exact) mass is 297 g/mol. The molecule has 0 amide bonds. The van der Waals surface area contributed by atoms with Crippen molar-refractivity contribution >= 4 is 22.5 Å². The minimum atomic E-state index is -0.295. The number of aryl methyl sites for hydroxylation is 3. The largest absolute Gasteiger partial charge is 0.493 e. The number of rotatable bonds is 2. The van der Waals surface area contributed by atoms with E-state index in [4.69, 9.17) is 0 Å². The normalized spacial score (nSPS) is 11.6. The maximum atomic E-state index is 11.4. The van der Waals surface area contributed by atoms with Gasteiger partial charge in [-0.3, -0.25) is 9.78 Å². The summed E-state index contributed by atoms with van der Waals surface area (Å²) in [4.78, 5) is 20.8. The van der Waals surface area contributed by atoms with E-state index in [1.807, 2.05) is 26.0 Å². The number of nitrogens with one attached hydrogen (secondary N) is 2. The summed E-state index contributed by atoms with van der Waals surface area (Å²) in [6, 6.07) is 5.30. The van der Waals surface area contributed by atoms with Gasteiger partial charge in [-0.15, -0.1) is 10.2 Å². The highest BCUT2D eigenvalue weighted by atomic mass is 16.3. The summed E-state index contributed by atoms with van der Waals surface area (Å²) in [6.45, 7) is 5.62. The summed E-state index contributed by atoms with van der Waals surface area (Å²) in [6.07, 6.45) is 0. The topological polar surface area (TPSA) is 106 Å². The van der Waals surface area contributed by atoms with Gasteiger partial charge in [-0.2, -0.15) is 0 Å². The smallest absolute Gasteiger partial charge is 0.252 e. The predicted octanol–water partition coefficient (Wildman–Crippen LogP) is 3.30. The molecule has 7 heteroatoms. The van der Waals surface area contributed by atoms with Crippen LogP contribution in [0.2, 0.25) is 0 Å². The molecule has 0 aliphatic rings. The second-order valence-corrected chi connectivity index (χ2v) is 5.24. The average molecular weight is 297 g/mol. The lowest BCUT2D eigenvalue weighted by atomic mass is 10.1. The minimum Gasteiger partial charge on any atom is -0.493 e. The Morgan fingerprint density at radius 1 is 1.09 bits per heavy atom. The number of benzene rings is 1. The molecule has 0 spiro atoms. The first-order valence-electron chi connectivity index (χ1n) is 6.75. The van der Waals surface area contributed by atoms with Gasteiger partial charge in [0.25, 0.3) is 5.56 Å². The number of nitrogens with zero attached hydrogens (tertiary/aromatic N) is 3. The standard InChI is InChI=1S/C15H15N5O2/c1-7-4-8(2)12-10(5-7)13(14(22)18-12)19-20-15-16-9(3)6-11(21)17-15/h4-6,18,22H,1-3H3,(H,16,17,21). The van der Waals surface area contributed by atoms with E-state index in [-0.39, 0.29) is 17.4 Å². The summed E-state index contributed by atoms with van der Waals surface area (Å²) >= 11 is 0. The first kappa shape index (κ1) is 14.0. The molecule has 3 N–H and O–H groups in total. The van der Waals surface area contributed by atoms with Crippen molar-refractivity contribution in [2.45, 2.75) is 20.8 Å². The lowest BCUT2D eigenvalue weighted by molar-refractivity contribution is 0.459. The molecule has 0 fully saturated rings. The van der Waals surface area contributed by atoms with Crippen molar-refractivity contribution in [2.24, 2.45) is 10.2 Å². The third kappa shape index (κ3) is 2.48. The van der Waals surface area contributed by atoms with Gasteiger partial charge in [0.05, 0.1) is 5.52 Å². The van der Waals surface area contributed by atoms with Crippen molar-refractivity contribution in [1.82, 2.24) is 15.0 Å². The molecule has 0 radical (unpaired) electrons. The number of hydrogen-bond acceptors (Lipinski definition) is 5. The molecule has 0 aliphatic carbocycles. The number of aromatic nitrogens is 3. The highest BCUT2D eigenvalue weighted by Gasteiger charge is 2.12. The summed E-state index contributed by atoms with van der Waals surface area (Å²) in [7, 11) is 0. The van der Waals surface area contributed by atoms with Crippen molar-refractivity contribution in [2.75, 3.05) is 0 Å². The van der Waals surface area contributed by atoms with Gasteiger partial charge in [0.15, 0.2) is 5.69 Å². The molecule has 2 heterocycles. The molecule has 3 rings (SSSR count). The van der Waals surface area contributed by atoms with E-state index in [0.717, 1.165) is 22.0 Å². The molecule has 0 bridgehead atoms. The molecule has 0 aliphatic heterocycles. The second kappa shape index (κ2) is 5.10. The van der Waals surface area contributed by atoms with Crippen LogP contribution in [0.25, 0.3) is 10.9 Å². The van der Waals surface area contributed by atoms with E-state index in [1.165, 1.54) is 6.07 Å². The molecule has 3 aromatic rings. The number of hydrogen-bond donors (Lipinski definition) is 3. The molecule has 0 atom stereocenters. The fraction of sp³-hybridized carbons (Fsp3) is 0.200. The summed E-state index contributed by atoms with van der Waals surface area (Å²) < 4.78 is 0. The molecule has 0 saturated heterocycles. The molecule has 22 heavy (non-hydrogen) atoms. The van der Waals surface area contributed by atoms with Gasteiger partial charge in [0.1, 0.15) is 0 Å². The first-order valence-corrected chi connectivity index (χ1v) is 6.75. The van der Waals surface area contributed by atoms with Gasteiger partial charge < -0.3 is 10.1 Å². The summed E-state index contributed by atoms with van der Waals surface area (Å²) in [5, 5.41) is 18.8. The van der Waals surface area contributed by atoms with Crippen molar-refractivity contribution < 1.29 is 5.11 Å². The van der Waals surface area contributed by atoms with Gasteiger partial charge >= 0.3 is 0 Å². The van der Waals surface area contributed by atoms with E-state index in [1.54, 1.807) is 6.92 Å². The van der Waals surface area contributed by atoms with Gasteiger partial charge in [0, 0.05) is 17.1 Å². The SMILES string of the molecule is Cc1cc(C)c2[nH]c(O)c(N=Nc3nc(C)cc(=O)[nH]3)c2c1. The van der Waals surface area contributed by atoms with Crippen LogP contribution in [0.4, 0.5) is 11.6 Å². The summed E-state index contributed by atoms with van der Waals surface area (Å²) in [5.74, 6) is 0.0329. The Morgan fingerprint density at radius 2 is 1.86 bits per heavy atom. The van der Waals surface area contributed by atoms with E-state index in [0.29, 0.717) is 11.4 Å². The Balaban J connectivity index is 2.12. The zero-order chi connectivity index (χ0) is 15.9. The number of azo groups is 1.